The number of nitrogens with one attached hydrogen (secondary N) is 1. The summed E-state index contributed by atoms with van der Waals surface area (Å²) in [7, 11) is 1.84. The quantitative estimate of drug-likeness (QED) is 0.479. The van der Waals surface area contributed by atoms with E-state index in [0.717, 1.165) is 28.8 Å². The van der Waals surface area contributed by atoms with Gasteiger partial charge < -0.3 is 15.8 Å². The van der Waals surface area contributed by atoms with Crippen LogP contribution in [0, 0.1) is 6.92 Å². The molecule has 0 saturated carbocycles. The van der Waals surface area contributed by atoms with Crippen molar-refractivity contribution in [3.8, 4) is 0 Å². The summed E-state index contributed by atoms with van der Waals surface area (Å²) in [5, 5.41) is 3.11. The highest BCUT2D eigenvalue weighted by molar-refractivity contribution is 6.15. The van der Waals surface area contributed by atoms with Gasteiger partial charge >= 0.3 is 0 Å². The predicted octanol–water partition coefficient (Wildman–Crippen LogP) is 2.34. The molecule has 1 rings (SSSR count). The second kappa shape index (κ2) is 8.04. The van der Waals surface area contributed by atoms with Crippen molar-refractivity contribution in [1.82, 2.24) is 5.32 Å². The number of rotatable bonds is 6. The molecule has 4 heteroatoms. The first-order chi connectivity index (χ1) is 10.0. The molecule has 0 aromatic heterocycles. The number of hydrogen-bond donors (Lipinski definition) is 2. The third-order valence-electron chi connectivity index (χ3n) is 3.24. The number of hydrogen-bond acceptors (Lipinski definition) is 4. The minimum Gasteiger partial charge on any atom is -0.398 e. The molecule has 1 aromatic rings. The maximum absolute atomic E-state index is 10.7. The van der Waals surface area contributed by atoms with E-state index in [9.17, 15) is 4.79 Å². The molecule has 0 heterocycles. The summed E-state index contributed by atoms with van der Waals surface area (Å²) in [5.41, 5.74) is 11.3. The van der Waals surface area contributed by atoms with Crippen molar-refractivity contribution in [3.63, 3.8) is 0 Å². The minimum absolute atomic E-state index is 0.112. The summed E-state index contributed by atoms with van der Waals surface area (Å²) in [6, 6.07) is 8.02. The van der Waals surface area contributed by atoms with Crippen LogP contribution in [0.15, 0.2) is 52.3 Å². The first-order valence-corrected chi connectivity index (χ1v) is 6.91. The molecular weight excluding hydrogens is 262 g/mol. The third-order valence-corrected chi connectivity index (χ3v) is 3.24. The van der Waals surface area contributed by atoms with Gasteiger partial charge in [-0.25, -0.2) is 0 Å². The van der Waals surface area contributed by atoms with Crippen LogP contribution in [-0.2, 0) is 4.79 Å². The second-order valence-electron chi connectivity index (χ2n) is 4.72. The zero-order chi connectivity index (χ0) is 15.8. The third kappa shape index (κ3) is 4.31. The van der Waals surface area contributed by atoms with E-state index in [0.29, 0.717) is 5.70 Å². The van der Waals surface area contributed by atoms with Crippen LogP contribution >= 0.6 is 0 Å². The highest BCUT2D eigenvalue weighted by Crippen LogP contribution is 2.18. The Kier molecular flexibility index (Phi) is 6.40. The summed E-state index contributed by atoms with van der Waals surface area (Å²) in [6.45, 7) is 5.96. The lowest BCUT2D eigenvalue weighted by atomic mass is 9.97. The lowest BCUT2D eigenvalue weighted by molar-refractivity contribution is -0.106. The van der Waals surface area contributed by atoms with Crippen molar-refractivity contribution in [2.24, 2.45) is 10.7 Å². The van der Waals surface area contributed by atoms with E-state index in [-0.39, 0.29) is 6.54 Å². The molecule has 0 bridgehead atoms. The van der Waals surface area contributed by atoms with Gasteiger partial charge in [-0.1, -0.05) is 35.9 Å². The number of aliphatic imine (C=N–C) groups is 1. The molecule has 4 nitrogen and oxygen atoms in total. The smallest absolute Gasteiger partial charge is 0.141 e. The SMILES string of the molecule is C\C=C(N)/C(C(=N\CC=O)/c1ccc(C)cc1)=C(\C)NC. The Morgan fingerprint density at radius 3 is 2.43 bits per heavy atom. The fraction of sp³-hybridized carbons (Fsp3) is 0.294. The zero-order valence-electron chi connectivity index (χ0n) is 13.1. The van der Waals surface area contributed by atoms with E-state index in [4.69, 9.17) is 5.73 Å². The molecule has 3 N–H and O–H groups in total. The zero-order valence-corrected chi connectivity index (χ0v) is 13.1. The van der Waals surface area contributed by atoms with Crippen LogP contribution in [0.25, 0.3) is 0 Å². The number of aldehydes is 1. The van der Waals surface area contributed by atoms with Gasteiger partial charge in [0.25, 0.3) is 0 Å². The Labute approximate surface area is 126 Å². The van der Waals surface area contributed by atoms with Crippen LogP contribution in [0.3, 0.4) is 0 Å². The molecule has 112 valence electrons. The molecule has 0 radical (unpaired) electrons. The van der Waals surface area contributed by atoms with Crippen LogP contribution in [0.4, 0.5) is 0 Å². The van der Waals surface area contributed by atoms with Gasteiger partial charge in [0.1, 0.15) is 6.29 Å². The molecule has 21 heavy (non-hydrogen) atoms. The standard InChI is InChI=1S/C17H23N3O/c1-5-15(18)16(13(3)19-4)17(20-10-11-21)14-8-6-12(2)7-9-14/h5-9,11,19H,10,18H2,1-4H3/b15-5+,16-13-,20-17-. The Bertz CT molecular complexity index is 581. The van der Waals surface area contributed by atoms with Crippen molar-refractivity contribution in [3.05, 3.63) is 58.4 Å². The molecule has 0 aliphatic heterocycles. The number of nitrogens with two attached hydrogens (primary N) is 1. The Morgan fingerprint density at radius 2 is 1.95 bits per heavy atom. The van der Waals surface area contributed by atoms with E-state index in [1.165, 1.54) is 5.56 Å². The second-order valence-corrected chi connectivity index (χ2v) is 4.72. The van der Waals surface area contributed by atoms with Crippen LogP contribution in [0.2, 0.25) is 0 Å². The molecule has 0 spiro atoms. The summed E-state index contributed by atoms with van der Waals surface area (Å²) < 4.78 is 0. The maximum Gasteiger partial charge on any atom is 0.141 e. The molecule has 0 unspecified atom stereocenters. The average molecular weight is 285 g/mol. The lowest BCUT2D eigenvalue weighted by Gasteiger charge is -2.16. The first kappa shape index (κ1) is 16.7. The van der Waals surface area contributed by atoms with Gasteiger partial charge in [0.2, 0.25) is 0 Å². The van der Waals surface area contributed by atoms with Crippen molar-refractivity contribution in [2.45, 2.75) is 20.8 Å². The Morgan fingerprint density at radius 1 is 1.33 bits per heavy atom. The molecule has 0 saturated heterocycles. The molecular formula is C17H23N3O. The summed E-state index contributed by atoms with van der Waals surface area (Å²) in [4.78, 5) is 15.1. The van der Waals surface area contributed by atoms with Gasteiger partial charge in [0.05, 0.1) is 12.3 Å². The largest absolute Gasteiger partial charge is 0.398 e. The van der Waals surface area contributed by atoms with E-state index in [2.05, 4.69) is 10.3 Å². The predicted molar refractivity (Wildman–Crippen MR) is 88.4 cm³/mol. The molecule has 0 atom stereocenters. The van der Waals surface area contributed by atoms with Crippen molar-refractivity contribution >= 4 is 12.0 Å². The van der Waals surface area contributed by atoms with E-state index >= 15 is 0 Å². The molecule has 0 aliphatic carbocycles. The van der Waals surface area contributed by atoms with E-state index in [1.54, 1.807) is 0 Å². The van der Waals surface area contributed by atoms with Gasteiger partial charge in [0, 0.05) is 29.6 Å². The highest BCUT2D eigenvalue weighted by Gasteiger charge is 2.15. The van der Waals surface area contributed by atoms with Gasteiger partial charge in [-0.2, -0.15) is 0 Å². The van der Waals surface area contributed by atoms with Crippen LogP contribution in [-0.4, -0.2) is 25.6 Å². The van der Waals surface area contributed by atoms with Gasteiger partial charge in [0.15, 0.2) is 0 Å². The first-order valence-electron chi connectivity index (χ1n) is 6.91. The van der Waals surface area contributed by atoms with Gasteiger partial charge in [-0.15, -0.1) is 0 Å². The summed E-state index contributed by atoms with van der Waals surface area (Å²) in [6.07, 6.45) is 2.62. The molecule has 0 aliphatic rings. The van der Waals surface area contributed by atoms with Crippen molar-refractivity contribution in [2.75, 3.05) is 13.6 Å². The average Bonchev–Trinajstić information content (AvgIpc) is 2.51. The monoisotopic (exact) mass is 285 g/mol. The number of allylic oxidation sites excluding steroid dienone is 3. The molecule has 0 fully saturated rings. The Hall–Kier alpha value is -2.36. The van der Waals surface area contributed by atoms with Crippen LogP contribution < -0.4 is 11.1 Å². The van der Waals surface area contributed by atoms with Crippen molar-refractivity contribution < 1.29 is 4.79 Å². The normalized spacial score (nSPS) is 13.7. The number of aryl methyl sites for hydroxylation is 1. The van der Waals surface area contributed by atoms with Crippen LogP contribution in [0.1, 0.15) is 25.0 Å². The highest BCUT2D eigenvalue weighted by atomic mass is 16.1. The maximum atomic E-state index is 10.7. The topological polar surface area (TPSA) is 67.5 Å². The lowest BCUT2D eigenvalue weighted by Crippen LogP contribution is -2.19. The summed E-state index contributed by atoms with van der Waals surface area (Å²) in [5.74, 6) is 0. The number of carbonyl (C=O) groups excluding carboxylic acids is 1. The number of carbonyl (C=O) groups is 1. The Balaban J connectivity index is 3.49. The van der Waals surface area contributed by atoms with E-state index < -0.39 is 0 Å². The fourth-order valence-corrected chi connectivity index (χ4v) is 1.95. The van der Waals surface area contributed by atoms with Crippen molar-refractivity contribution in [1.29, 1.82) is 0 Å². The van der Waals surface area contributed by atoms with E-state index in [1.807, 2.05) is 58.2 Å². The van der Waals surface area contributed by atoms with Gasteiger partial charge in [-0.3, -0.25) is 4.99 Å². The van der Waals surface area contributed by atoms with Gasteiger partial charge in [-0.05, 0) is 20.8 Å². The number of nitrogens with zero attached hydrogens (tertiary/aromatic N) is 1. The van der Waals surface area contributed by atoms with Crippen LogP contribution in [0.5, 0.6) is 0 Å². The number of benzene rings is 1. The summed E-state index contributed by atoms with van der Waals surface area (Å²) >= 11 is 0. The molecule has 1 aromatic carbocycles. The fourth-order valence-electron chi connectivity index (χ4n) is 1.95. The minimum atomic E-state index is 0.112. The molecule has 0 amide bonds.